The highest BCUT2D eigenvalue weighted by molar-refractivity contribution is 5.98. The molecule has 6 rings (SSSR count). The van der Waals surface area contributed by atoms with Crippen molar-refractivity contribution in [3.05, 3.63) is 75.9 Å². The number of esters is 1. The number of hydrogen-bond acceptors (Lipinski definition) is 11. The number of cyclic esters (lactones) is 1. The fraction of sp³-hybridized carbons (Fsp3) is 0.439. The minimum atomic E-state index is -0.862. The molecule has 0 saturated carbocycles. The zero-order valence-electron chi connectivity index (χ0n) is 30.7. The normalized spacial score (nSPS) is 20.3. The van der Waals surface area contributed by atoms with Crippen LogP contribution in [0.2, 0.25) is 0 Å². The Kier molecular flexibility index (Phi) is 11.8. The number of phenolic OH excluding ortho intramolecular Hbond substituents is 2. The van der Waals surface area contributed by atoms with Crippen LogP contribution in [0.5, 0.6) is 34.5 Å². The molecule has 12 nitrogen and oxygen atoms in total. The monoisotopic (exact) mass is 728 g/mol. The van der Waals surface area contributed by atoms with Crippen LogP contribution in [0.3, 0.4) is 0 Å². The highest BCUT2D eigenvalue weighted by atomic mass is 16.7. The quantitative estimate of drug-likeness (QED) is 0.228. The van der Waals surface area contributed by atoms with Crippen LogP contribution in [0.25, 0.3) is 6.08 Å². The first-order valence-corrected chi connectivity index (χ1v) is 18.2. The maximum atomic E-state index is 14.0. The zero-order valence-corrected chi connectivity index (χ0v) is 30.7. The second kappa shape index (κ2) is 16.6. The van der Waals surface area contributed by atoms with Crippen molar-refractivity contribution in [2.24, 2.45) is 0 Å². The number of nitrogens with zero attached hydrogens (tertiary/aromatic N) is 1. The standard InChI is InChI=1S/C41H48N2O10/c1-24-9-8-12-28(44)11-7-5-6-10-26-19-32(45)37(38(47)36(26)41(48)53-24)30(25-13-15-29(49-3)16-14-25)21-34(46)42-22-31-35-27(17-18-43(31)2)20-33-39(40(35)50-4)52-23-51-33/h6,10,13-16,19-20,24,30-31,45,47H,5,7-9,11-12,17-18,21-23H2,1-4H3,(H,42,46)/b10-6+/t24-,30?,31?/m0/s1. The maximum Gasteiger partial charge on any atom is 0.342 e. The topological polar surface area (TPSA) is 153 Å². The van der Waals surface area contributed by atoms with E-state index in [0.717, 1.165) is 24.1 Å². The molecule has 3 N–H and O–H groups in total. The molecule has 53 heavy (non-hydrogen) atoms. The highest BCUT2D eigenvalue weighted by Gasteiger charge is 2.35. The number of hydrogen-bond donors (Lipinski definition) is 3. The van der Waals surface area contributed by atoms with E-state index >= 15 is 0 Å². The van der Waals surface area contributed by atoms with Crippen molar-refractivity contribution in [3.63, 3.8) is 0 Å². The smallest absolute Gasteiger partial charge is 0.342 e. The third-order valence-corrected chi connectivity index (χ3v) is 10.3. The molecular weight excluding hydrogens is 680 g/mol. The summed E-state index contributed by atoms with van der Waals surface area (Å²) >= 11 is 0. The number of nitrogens with one attached hydrogen (secondary N) is 1. The summed E-state index contributed by atoms with van der Waals surface area (Å²) in [7, 11) is 5.13. The van der Waals surface area contributed by atoms with E-state index in [1.807, 2.05) is 19.2 Å². The number of aromatic hydroxyl groups is 2. The minimum Gasteiger partial charge on any atom is -0.507 e. The molecule has 0 spiro atoms. The van der Waals surface area contributed by atoms with E-state index in [1.165, 1.54) is 6.07 Å². The lowest BCUT2D eigenvalue weighted by atomic mass is 9.84. The molecule has 2 unspecified atom stereocenters. The van der Waals surface area contributed by atoms with Gasteiger partial charge in [0.05, 0.1) is 26.4 Å². The summed E-state index contributed by atoms with van der Waals surface area (Å²) in [5, 5.41) is 26.6. The average molecular weight is 729 g/mol. The van der Waals surface area contributed by atoms with Crippen LogP contribution in [0.15, 0.2) is 42.5 Å². The Morgan fingerprint density at radius 1 is 1.04 bits per heavy atom. The van der Waals surface area contributed by atoms with Crippen LogP contribution in [0.1, 0.15) is 102 Å². The zero-order chi connectivity index (χ0) is 37.6. The number of fused-ring (bicyclic) bond motifs is 3. The van der Waals surface area contributed by atoms with E-state index in [-0.39, 0.29) is 59.9 Å². The van der Waals surface area contributed by atoms with Gasteiger partial charge in [0.2, 0.25) is 18.4 Å². The van der Waals surface area contributed by atoms with Crippen LogP contribution in [0, 0.1) is 0 Å². The Labute approximate surface area is 309 Å². The molecule has 3 aromatic carbocycles. The van der Waals surface area contributed by atoms with E-state index in [0.29, 0.717) is 67.1 Å². The summed E-state index contributed by atoms with van der Waals surface area (Å²) in [5.41, 5.74) is 2.80. The van der Waals surface area contributed by atoms with Gasteiger partial charge in [-0.15, -0.1) is 0 Å². The summed E-state index contributed by atoms with van der Waals surface area (Å²) in [4.78, 5) is 42.1. The molecule has 0 aliphatic carbocycles. The van der Waals surface area contributed by atoms with E-state index in [4.69, 9.17) is 23.7 Å². The molecule has 3 aliphatic heterocycles. The van der Waals surface area contributed by atoms with Gasteiger partial charge in [0.1, 0.15) is 28.6 Å². The molecular formula is C41H48N2O10. The van der Waals surface area contributed by atoms with Crippen molar-refractivity contribution < 1.29 is 48.3 Å². The summed E-state index contributed by atoms with van der Waals surface area (Å²) in [6.07, 6.45) is 6.71. The summed E-state index contributed by atoms with van der Waals surface area (Å²) in [5.74, 6) is -0.165. The lowest BCUT2D eigenvalue weighted by Crippen LogP contribution is -2.40. The number of allylic oxidation sites excluding steroid dienone is 1. The second-order valence-corrected chi connectivity index (χ2v) is 13.9. The molecule has 282 valence electrons. The average Bonchev–Trinajstić information content (AvgIpc) is 3.61. The van der Waals surface area contributed by atoms with Crippen LogP contribution in [-0.4, -0.2) is 80.0 Å². The Balaban J connectivity index is 1.33. The summed E-state index contributed by atoms with van der Waals surface area (Å²) < 4.78 is 28.3. The number of benzene rings is 3. The van der Waals surface area contributed by atoms with Gasteiger partial charge in [0, 0.05) is 49.4 Å². The molecule has 1 amide bonds. The Morgan fingerprint density at radius 2 is 1.81 bits per heavy atom. The number of carbonyl (C=O) groups excluding carboxylic acids is 3. The molecule has 12 heteroatoms. The number of Topliss-reactive ketones (excluding diaryl/α,β-unsaturated/α-hetero) is 1. The van der Waals surface area contributed by atoms with Gasteiger partial charge in [0.15, 0.2) is 11.5 Å². The molecule has 3 aliphatic rings. The number of phenols is 2. The van der Waals surface area contributed by atoms with Crippen molar-refractivity contribution >= 4 is 23.7 Å². The van der Waals surface area contributed by atoms with Gasteiger partial charge in [-0.3, -0.25) is 14.5 Å². The number of carbonyl (C=O) groups is 3. The highest BCUT2D eigenvalue weighted by Crippen LogP contribution is 2.49. The van der Waals surface area contributed by atoms with Crippen molar-refractivity contribution in [1.82, 2.24) is 10.2 Å². The lowest BCUT2D eigenvalue weighted by Gasteiger charge is -2.36. The third-order valence-electron chi connectivity index (χ3n) is 10.3. The number of methoxy groups -OCH3 is 2. The fourth-order valence-corrected chi connectivity index (χ4v) is 7.49. The molecule has 0 saturated heterocycles. The predicted molar refractivity (Wildman–Crippen MR) is 197 cm³/mol. The van der Waals surface area contributed by atoms with E-state index in [9.17, 15) is 24.6 Å². The first-order valence-electron chi connectivity index (χ1n) is 18.2. The maximum absolute atomic E-state index is 14.0. The van der Waals surface area contributed by atoms with Crippen LogP contribution < -0.4 is 24.3 Å². The Hall–Kier alpha value is -5.23. The van der Waals surface area contributed by atoms with E-state index in [1.54, 1.807) is 51.5 Å². The molecule has 3 aromatic rings. The Bertz CT molecular complexity index is 1870. The lowest BCUT2D eigenvalue weighted by molar-refractivity contribution is -0.121. The first kappa shape index (κ1) is 37.5. The van der Waals surface area contributed by atoms with Crippen LogP contribution in [0.4, 0.5) is 0 Å². The predicted octanol–water partition coefficient (Wildman–Crippen LogP) is 6.19. The summed E-state index contributed by atoms with van der Waals surface area (Å²) in [6.45, 7) is 2.86. The van der Waals surface area contributed by atoms with Gasteiger partial charge in [-0.2, -0.15) is 0 Å². The van der Waals surface area contributed by atoms with Gasteiger partial charge < -0.3 is 39.2 Å². The molecule has 0 bridgehead atoms. The number of likely N-dealkylation sites (N-methyl/N-ethyl adjacent to an activating group) is 1. The van der Waals surface area contributed by atoms with Crippen LogP contribution >= 0.6 is 0 Å². The van der Waals surface area contributed by atoms with Crippen molar-refractivity contribution in [1.29, 1.82) is 0 Å². The Morgan fingerprint density at radius 3 is 2.57 bits per heavy atom. The van der Waals surface area contributed by atoms with Crippen molar-refractivity contribution in [2.75, 3.05) is 41.1 Å². The fourth-order valence-electron chi connectivity index (χ4n) is 7.49. The van der Waals surface area contributed by atoms with E-state index in [2.05, 4.69) is 10.2 Å². The number of ether oxygens (including phenoxy) is 5. The van der Waals surface area contributed by atoms with Gasteiger partial charge in [-0.1, -0.05) is 24.3 Å². The van der Waals surface area contributed by atoms with Crippen LogP contribution in [-0.2, 0) is 20.7 Å². The summed E-state index contributed by atoms with van der Waals surface area (Å²) in [6, 6.07) is 10.2. The minimum absolute atomic E-state index is 0.0308. The molecule has 3 atom stereocenters. The molecule has 0 fully saturated rings. The second-order valence-electron chi connectivity index (χ2n) is 13.9. The molecule has 0 aromatic heterocycles. The number of ketones is 1. The van der Waals surface area contributed by atoms with E-state index < -0.39 is 23.7 Å². The van der Waals surface area contributed by atoms with Crippen molar-refractivity contribution in [3.8, 4) is 34.5 Å². The first-order chi connectivity index (χ1) is 25.6. The third kappa shape index (κ3) is 8.22. The molecule has 3 heterocycles. The van der Waals surface area contributed by atoms with Gasteiger partial charge >= 0.3 is 5.97 Å². The largest absolute Gasteiger partial charge is 0.507 e. The number of rotatable bonds is 8. The number of amides is 1. The van der Waals surface area contributed by atoms with Gasteiger partial charge in [-0.25, -0.2) is 4.79 Å². The molecule has 0 radical (unpaired) electrons. The van der Waals surface area contributed by atoms with Crippen molar-refractivity contribution in [2.45, 2.75) is 76.4 Å². The SMILES string of the molecule is COc1ccc(C(CC(=O)NCC2c3c(cc4c(c3OC)OCO4)CCN2C)c2c(O)cc3c(c2O)C(=O)O[C@@H](C)CCCC(=O)CCC/C=C/3)cc1. The van der Waals surface area contributed by atoms with Gasteiger partial charge in [0.25, 0.3) is 0 Å². The van der Waals surface area contributed by atoms with Gasteiger partial charge in [-0.05, 0) is 87.0 Å².